The Morgan fingerprint density at radius 3 is 2.44 bits per heavy atom. The Morgan fingerprint density at radius 2 is 1.62 bits per heavy atom. The van der Waals surface area contributed by atoms with E-state index in [-0.39, 0.29) is 5.92 Å². The third-order valence-electron chi connectivity index (χ3n) is 6.97. The maximum Gasteiger partial charge on any atom is 0.243 e. The predicted octanol–water partition coefficient (Wildman–Crippen LogP) is 4.72. The minimum Gasteiger partial charge on any atom is -0.298 e. The first-order valence-corrected chi connectivity index (χ1v) is 12.8. The molecule has 32 heavy (non-hydrogen) atoms. The molecule has 2 aliphatic heterocycles. The van der Waals surface area contributed by atoms with Crippen molar-refractivity contribution in [2.45, 2.75) is 37.8 Å². The highest BCUT2D eigenvalue weighted by atomic mass is 32.2. The Balaban J connectivity index is 1.49. The van der Waals surface area contributed by atoms with Crippen molar-refractivity contribution < 1.29 is 8.42 Å². The lowest BCUT2D eigenvalue weighted by molar-refractivity contribution is 0.293. The fraction of sp³-hybridized carbons (Fsp3) is 0.333. The van der Waals surface area contributed by atoms with Gasteiger partial charge in [0.1, 0.15) is 0 Å². The van der Waals surface area contributed by atoms with Gasteiger partial charge in [-0.2, -0.15) is 4.31 Å². The standard InChI is InChI=1S/C27H30N2O2S/c1-20-12-13-21(2)27(14-20)32(30,31)29-17-23-10-6-7-11-25(23)26-19-28(16-24(26)18-29)15-22-8-4-3-5-9-22/h3-14,24,26H,15-19H2,1-2H3/t24-,26+/m1/s1. The van der Waals surface area contributed by atoms with Gasteiger partial charge in [0.25, 0.3) is 0 Å². The number of aryl methyl sites for hydroxylation is 2. The Bertz CT molecular complexity index is 1220. The molecule has 0 spiro atoms. The Morgan fingerprint density at radius 1 is 0.875 bits per heavy atom. The van der Waals surface area contributed by atoms with Crippen LogP contribution in [-0.4, -0.2) is 37.3 Å². The smallest absolute Gasteiger partial charge is 0.243 e. The zero-order chi connectivity index (χ0) is 22.3. The van der Waals surface area contributed by atoms with E-state index in [9.17, 15) is 8.42 Å². The predicted molar refractivity (Wildman–Crippen MR) is 128 cm³/mol. The number of hydrogen-bond donors (Lipinski definition) is 0. The van der Waals surface area contributed by atoms with E-state index < -0.39 is 10.0 Å². The summed E-state index contributed by atoms with van der Waals surface area (Å²) < 4.78 is 29.3. The van der Waals surface area contributed by atoms with Crippen LogP contribution in [-0.2, 0) is 23.1 Å². The van der Waals surface area contributed by atoms with Crippen molar-refractivity contribution >= 4 is 10.0 Å². The maximum atomic E-state index is 13.8. The summed E-state index contributed by atoms with van der Waals surface area (Å²) >= 11 is 0. The molecule has 2 heterocycles. The molecule has 3 aromatic carbocycles. The van der Waals surface area contributed by atoms with Gasteiger partial charge in [-0.3, -0.25) is 4.90 Å². The van der Waals surface area contributed by atoms with Crippen molar-refractivity contribution in [2.24, 2.45) is 5.92 Å². The van der Waals surface area contributed by atoms with E-state index in [2.05, 4.69) is 47.4 Å². The molecule has 0 bridgehead atoms. The van der Waals surface area contributed by atoms with Gasteiger partial charge in [0, 0.05) is 38.6 Å². The van der Waals surface area contributed by atoms with E-state index in [1.165, 1.54) is 11.1 Å². The monoisotopic (exact) mass is 446 g/mol. The minimum absolute atomic E-state index is 0.280. The van der Waals surface area contributed by atoms with Gasteiger partial charge in [-0.1, -0.05) is 66.7 Å². The number of hydrogen-bond acceptors (Lipinski definition) is 3. The SMILES string of the molecule is Cc1ccc(C)c(S(=O)(=O)N2Cc3ccccc3[C@H]3CN(Cc4ccccc4)C[C@@H]3C2)c1. The first-order valence-electron chi connectivity index (χ1n) is 11.3. The van der Waals surface area contributed by atoms with Gasteiger partial charge < -0.3 is 0 Å². The van der Waals surface area contributed by atoms with Crippen LogP contribution in [0.25, 0.3) is 0 Å². The second-order valence-electron chi connectivity index (χ2n) is 9.31. The molecular formula is C27H30N2O2S. The van der Waals surface area contributed by atoms with Crippen LogP contribution in [0.4, 0.5) is 0 Å². The van der Waals surface area contributed by atoms with E-state index in [4.69, 9.17) is 0 Å². The highest BCUT2D eigenvalue weighted by Gasteiger charge is 2.41. The highest BCUT2D eigenvalue weighted by Crippen LogP contribution is 2.40. The maximum absolute atomic E-state index is 13.8. The van der Waals surface area contributed by atoms with Crippen molar-refractivity contribution in [1.29, 1.82) is 0 Å². The van der Waals surface area contributed by atoms with Crippen LogP contribution in [0.15, 0.2) is 77.7 Å². The molecule has 1 fully saturated rings. The fourth-order valence-corrected chi connectivity index (χ4v) is 7.12. The summed E-state index contributed by atoms with van der Waals surface area (Å²) in [6.45, 7) is 7.61. The molecule has 4 nitrogen and oxygen atoms in total. The lowest BCUT2D eigenvalue weighted by Crippen LogP contribution is -2.35. The lowest BCUT2D eigenvalue weighted by Gasteiger charge is -2.25. The van der Waals surface area contributed by atoms with Gasteiger partial charge >= 0.3 is 0 Å². The summed E-state index contributed by atoms with van der Waals surface area (Å²) in [5.41, 5.74) is 5.53. The van der Waals surface area contributed by atoms with E-state index in [0.717, 1.165) is 36.3 Å². The first kappa shape index (κ1) is 21.4. The van der Waals surface area contributed by atoms with Crippen molar-refractivity contribution in [3.8, 4) is 0 Å². The van der Waals surface area contributed by atoms with E-state index in [1.54, 1.807) is 4.31 Å². The molecule has 0 amide bonds. The Labute approximate surface area is 191 Å². The van der Waals surface area contributed by atoms with Gasteiger partial charge in [-0.15, -0.1) is 0 Å². The van der Waals surface area contributed by atoms with Crippen LogP contribution in [0.1, 0.15) is 33.7 Å². The zero-order valence-electron chi connectivity index (χ0n) is 18.7. The van der Waals surface area contributed by atoms with Gasteiger partial charge in [0.15, 0.2) is 0 Å². The van der Waals surface area contributed by atoms with Crippen LogP contribution in [0.3, 0.4) is 0 Å². The van der Waals surface area contributed by atoms with Crippen LogP contribution in [0.5, 0.6) is 0 Å². The molecule has 0 aromatic heterocycles. The van der Waals surface area contributed by atoms with Crippen molar-refractivity contribution in [3.05, 3.63) is 101 Å². The van der Waals surface area contributed by atoms with Gasteiger partial charge in [-0.05, 0) is 53.6 Å². The largest absolute Gasteiger partial charge is 0.298 e. The highest BCUT2D eigenvalue weighted by molar-refractivity contribution is 7.89. The molecule has 166 valence electrons. The second-order valence-corrected chi connectivity index (χ2v) is 11.2. The average molecular weight is 447 g/mol. The molecule has 1 saturated heterocycles. The van der Waals surface area contributed by atoms with Gasteiger partial charge in [0.05, 0.1) is 4.90 Å². The molecule has 0 N–H and O–H groups in total. The first-order chi connectivity index (χ1) is 15.4. The summed E-state index contributed by atoms with van der Waals surface area (Å²) in [4.78, 5) is 2.92. The van der Waals surface area contributed by atoms with Crippen LogP contribution in [0, 0.1) is 19.8 Å². The molecule has 5 heteroatoms. The average Bonchev–Trinajstić information content (AvgIpc) is 3.10. The molecule has 0 aliphatic carbocycles. The molecule has 2 atom stereocenters. The van der Waals surface area contributed by atoms with Crippen LogP contribution < -0.4 is 0 Å². The molecule has 0 radical (unpaired) electrons. The van der Waals surface area contributed by atoms with E-state index in [0.29, 0.717) is 23.9 Å². The Hall–Kier alpha value is -2.47. The van der Waals surface area contributed by atoms with Gasteiger partial charge in [-0.25, -0.2) is 8.42 Å². The normalized spacial score (nSPS) is 21.7. The summed E-state index contributed by atoms with van der Waals surface area (Å²) in [6, 6.07) is 24.7. The van der Waals surface area contributed by atoms with E-state index in [1.807, 2.05) is 44.2 Å². The number of likely N-dealkylation sites (tertiary alicyclic amines) is 1. The number of fused-ring (bicyclic) bond motifs is 3. The molecule has 2 aliphatic rings. The molecule has 5 rings (SSSR count). The minimum atomic E-state index is -3.58. The number of benzene rings is 3. The summed E-state index contributed by atoms with van der Waals surface area (Å²) in [6.07, 6.45) is 0. The summed E-state index contributed by atoms with van der Waals surface area (Å²) in [7, 11) is -3.58. The molecule has 3 aromatic rings. The molecule has 0 saturated carbocycles. The van der Waals surface area contributed by atoms with Gasteiger partial charge in [0.2, 0.25) is 10.0 Å². The van der Waals surface area contributed by atoms with Crippen molar-refractivity contribution in [3.63, 3.8) is 0 Å². The second kappa shape index (κ2) is 8.47. The van der Waals surface area contributed by atoms with Crippen LogP contribution >= 0.6 is 0 Å². The summed E-state index contributed by atoms with van der Waals surface area (Å²) in [5, 5.41) is 0. The third-order valence-corrected chi connectivity index (χ3v) is 8.92. The van der Waals surface area contributed by atoms with Crippen LogP contribution in [0.2, 0.25) is 0 Å². The quantitative estimate of drug-likeness (QED) is 0.582. The lowest BCUT2D eigenvalue weighted by atomic mass is 9.87. The number of sulfonamides is 1. The number of rotatable bonds is 4. The van der Waals surface area contributed by atoms with E-state index >= 15 is 0 Å². The Kier molecular flexibility index (Phi) is 5.66. The van der Waals surface area contributed by atoms with Crippen molar-refractivity contribution in [2.75, 3.05) is 19.6 Å². The van der Waals surface area contributed by atoms with Crippen molar-refractivity contribution in [1.82, 2.24) is 9.21 Å². The molecule has 0 unspecified atom stereocenters. The summed E-state index contributed by atoms with van der Waals surface area (Å²) in [5.74, 6) is 0.635. The number of nitrogens with zero attached hydrogens (tertiary/aromatic N) is 2. The topological polar surface area (TPSA) is 40.6 Å². The molecular weight excluding hydrogens is 416 g/mol. The fourth-order valence-electron chi connectivity index (χ4n) is 5.33. The zero-order valence-corrected chi connectivity index (χ0v) is 19.6. The third kappa shape index (κ3) is 4.01.